The molecular weight excluding hydrogens is 229 g/mol. The van der Waals surface area contributed by atoms with Crippen LogP contribution in [0.3, 0.4) is 0 Å². The van der Waals surface area contributed by atoms with E-state index in [0.717, 1.165) is 18.7 Å². The minimum absolute atomic E-state index is 0.234. The van der Waals surface area contributed by atoms with Crippen LogP contribution in [0.4, 0.5) is 10.1 Å². The van der Waals surface area contributed by atoms with E-state index in [0.29, 0.717) is 17.2 Å². The molecule has 1 heterocycles. The van der Waals surface area contributed by atoms with E-state index in [-0.39, 0.29) is 5.82 Å². The number of anilines is 1. The zero-order valence-electron chi connectivity index (χ0n) is 11.4. The fourth-order valence-corrected chi connectivity index (χ4v) is 2.84. The third kappa shape index (κ3) is 2.37. The lowest BCUT2D eigenvalue weighted by Crippen LogP contribution is -2.29. The highest BCUT2D eigenvalue weighted by Crippen LogP contribution is 2.34. The van der Waals surface area contributed by atoms with Crippen LogP contribution in [0.25, 0.3) is 0 Å². The maximum Gasteiger partial charge on any atom is 0.126 e. The molecule has 2 atom stereocenters. The van der Waals surface area contributed by atoms with E-state index in [1.54, 1.807) is 13.8 Å². The van der Waals surface area contributed by atoms with Gasteiger partial charge in [0.15, 0.2) is 0 Å². The Hall–Kier alpha value is -1.09. The van der Waals surface area contributed by atoms with Gasteiger partial charge < -0.3 is 10.0 Å². The van der Waals surface area contributed by atoms with Gasteiger partial charge in [-0.05, 0) is 50.8 Å². The van der Waals surface area contributed by atoms with Gasteiger partial charge in [0.05, 0.1) is 6.10 Å². The smallest absolute Gasteiger partial charge is 0.126 e. The zero-order valence-corrected chi connectivity index (χ0v) is 11.4. The second kappa shape index (κ2) is 5.27. The van der Waals surface area contributed by atoms with Crippen molar-refractivity contribution < 1.29 is 9.50 Å². The summed E-state index contributed by atoms with van der Waals surface area (Å²) in [5.41, 5.74) is 2.36. The fraction of sp³-hybridized carbons (Fsp3) is 0.600. The number of hydrogen-bond donors (Lipinski definition) is 1. The van der Waals surface area contributed by atoms with Crippen LogP contribution in [0.5, 0.6) is 0 Å². The quantitative estimate of drug-likeness (QED) is 0.887. The lowest BCUT2D eigenvalue weighted by molar-refractivity contribution is 0.199. The van der Waals surface area contributed by atoms with Crippen molar-refractivity contribution in [2.45, 2.75) is 52.2 Å². The zero-order chi connectivity index (χ0) is 13.3. The molecule has 1 aliphatic rings. The molecule has 100 valence electrons. The third-order valence-corrected chi connectivity index (χ3v) is 3.92. The first kappa shape index (κ1) is 13.3. The van der Waals surface area contributed by atoms with Gasteiger partial charge in [0.1, 0.15) is 5.82 Å². The Morgan fingerprint density at radius 1 is 1.50 bits per heavy atom. The Labute approximate surface area is 108 Å². The molecule has 1 N–H and O–H groups in total. The number of nitrogens with zero attached hydrogens (tertiary/aromatic N) is 1. The second-order valence-corrected chi connectivity index (χ2v) is 5.23. The first-order valence-electron chi connectivity index (χ1n) is 6.79. The number of rotatable bonds is 3. The lowest BCUT2D eigenvalue weighted by atomic mass is 10.0. The Kier molecular flexibility index (Phi) is 3.91. The van der Waals surface area contributed by atoms with Crippen molar-refractivity contribution in [3.8, 4) is 0 Å². The lowest BCUT2D eigenvalue weighted by Gasteiger charge is -2.29. The highest BCUT2D eigenvalue weighted by atomic mass is 19.1. The van der Waals surface area contributed by atoms with Gasteiger partial charge in [0.2, 0.25) is 0 Å². The molecule has 3 heteroatoms. The molecule has 0 spiro atoms. The molecule has 0 aromatic heterocycles. The third-order valence-electron chi connectivity index (χ3n) is 3.92. The summed E-state index contributed by atoms with van der Waals surface area (Å²) < 4.78 is 13.7. The average Bonchev–Trinajstić information content (AvgIpc) is 2.79. The van der Waals surface area contributed by atoms with Crippen LogP contribution in [0, 0.1) is 12.7 Å². The fourth-order valence-electron chi connectivity index (χ4n) is 2.84. The van der Waals surface area contributed by atoms with Gasteiger partial charge in [-0.25, -0.2) is 4.39 Å². The van der Waals surface area contributed by atoms with Gasteiger partial charge in [-0.1, -0.05) is 6.92 Å². The molecule has 2 nitrogen and oxygen atoms in total. The molecule has 1 unspecified atom stereocenters. The van der Waals surface area contributed by atoms with Gasteiger partial charge in [0.25, 0.3) is 0 Å². The molecule has 1 fully saturated rings. The van der Waals surface area contributed by atoms with E-state index < -0.39 is 6.10 Å². The van der Waals surface area contributed by atoms with Gasteiger partial charge >= 0.3 is 0 Å². The molecule has 1 aromatic carbocycles. The summed E-state index contributed by atoms with van der Waals surface area (Å²) >= 11 is 0. The minimum Gasteiger partial charge on any atom is -0.389 e. The van der Waals surface area contributed by atoms with Crippen LogP contribution in [0.2, 0.25) is 0 Å². The molecule has 1 saturated heterocycles. The normalized spacial score (nSPS) is 21.4. The monoisotopic (exact) mass is 251 g/mol. The Morgan fingerprint density at radius 3 is 2.83 bits per heavy atom. The van der Waals surface area contributed by atoms with Crippen LogP contribution < -0.4 is 4.90 Å². The maximum atomic E-state index is 13.7. The maximum absolute atomic E-state index is 13.7. The second-order valence-electron chi connectivity index (χ2n) is 5.23. The minimum atomic E-state index is -0.631. The van der Waals surface area contributed by atoms with E-state index in [2.05, 4.69) is 11.8 Å². The SMILES string of the molecule is CCC1CCCN1c1cc(C)c(F)cc1[C@@H](C)O. The summed E-state index contributed by atoms with van der Waals surface area (Å²) in [6.07, 6.45) is 2.82. The first-order valence-corrected chi connectivity index (χ1v) is 6.79. The van der Waals surface area contributed by atoms with Gasteiger partial charge in [0, 0.05) is 23.8 Å². The van der Waals surface area contributed by atoms with Crippen molar-refractivity contribution in [3.63, 3.8) is 0 Å². The molecule has 1 aromatic rings. The summed E-state index contributed by atoms with van der Waals surface area (Å²) in [5, 5.41) is 9.85. The number of benzene rings is 1. The van der Waals surface area contributed by atoms with Crippen molar-refractivity contribution >= 4 is 5.69 Å². The van der Waals surface area contributed by atoms with E-state index in [9.17, 15) is 9.50 Å². The molecular formula is C15H22FNO. The first-order chi connectivity index (χ1) is 8.54. The van der Waals surface area contributed by atoms with Crippen molar-refractivity contribution in [3.05, 3.63) is 29.1 Å². The summed E-state index contributed by atoms with van der Waals surface area (Å²) in [7, 11) is 0. The summed E-state index contributed by atoms with van der Waals surface area (Å²) in [6, 6.07) is 3.89. The molecule has 0 radical (unpaired) electrons. The number of aliphatic hydroxyl groups excluding tert-OH is 1. The van der Waals surface area contributed by atoms with E-state index in [1.807, 2.05) is 6.07 Å². The number of halogens is 1. The van der Waals surface area contributed by atoms with Gasteiger partial charge in [-0.3, -0.25) is 0 Å². The summed E-state index contributed by atoms with van der Waals surface area (Å²) in [6.45, 7) is 6.66. The van der Waals surface area contributed by atoms with Crippen molar-refractivity contribution in [1.29, 1.82) is 0 Å². The van der Waals surface area contributed by atoms with E-state index >= 15 is 0 Å². The van der Waals surface area contributed by atoms with Crippen LogP contribution in [-0.2, 0) is 0 Å². The predicted octanol–water partition coefficient (Wildman–Crippen LogP) is 3.57. The van der Waals surface area contributed by atoms with Crippen LogP contribution >= 0.6 is 0 Å². The average molecular weight is 251 g/mol. The largest absolute Gasteiger partial charge is 0.389 e. The topological polar surface area (TPSA) is 23.5 Å². The number of aryl methyl sites for hydroxylation is 1. The highest BCUT2D eigenvalue weighted by molar-refractivity contribution is 5.58. The summed E-state index contributed by atoms with van der Waals surface area (Å²) in [5.74, 6) is -0.234. The van der Waals surface area contributed by atoms with Crippen LogP contribution in [0.15, 0.2) is 12.1 Å². The standard InChI is InChI=1S/C15H22FNO/c1-4-12-6-5-7-17(12)15-8-10(2)14(16)9-13(15)11(3)18/h8-9,11-12,18H,4-7H2,1-3H3/t11-,12?/m1/s1. The molecule has 18 heavy (non-hydrogen) atoms. The van der Waals surface area contributed by atoms with Crippen molar-refractivity contribution in [1.82, 2.24) is 0 Å². The Balaban J connectivity index is 2.45. The Bertz CT molecular complexity index is 431. The van der Waals surface area contributed by atoms with E-state index in [1.165, 1.54) is 18.9 Å². The van der Waals surface area contributed by atoms with E-state index in [4.69, 9.17) is 0 Å². The van der Waals surface area contributed by atoms with Crippen molar-refractivity contribution in [2.75, 3.05) is 11.4 Å². The highest BCUT2D eigenvalue weighted by Gasteiger charge is 2.26. The summed E-state index contributed by atoms with van der Waals surface area (Å²) in [4.78, 5) is 2.33. The predicted molar refractivity (Wildman–Crippen MR) is 72.4 cm³/mol. The van der Waals surface area contributed by atoms with Crippen LogP contribution in [0.1, 0.15) is 50.3 Å². The molecule has 1 aliphatic heterocycles. The van der Waals surface area contributed by atoms with Gasteiger partial charge in [-0.15, -0.1) is 0 Å². The molecule has 0 saturated carbocycles. The molecule has 2 rings (SSSR count). The van der Waals surface area contributed by atoms with Crippen LogP contribution in [-0.4, -0.2) is 17.7 Å². The molecule has 0 aliphatic carbocycles. The molecule has 0 amide bonds. The number of aliphatic hydroxyl groups is 1. The van der Waals surface area contributed by atoms with Crippen molar-refractivity contribution in [2.24, 2.45) is 0 Å². The number of hydrogen-bond acceptors (Lipinski definition) is 2. The molecule has 0 bridgehead atoms. The van der Waals surface area contributed by atoms with Gasteiger partial charge in [-0.2, -0.15) is 0 Å². The Morgan fingerprint density at radius 2 is 2.22 bits per heavy atom.